The van der Waals surface area contributed by atoms with Gasteiger partial charge in [0, 0.05) is 5.92 Å². The van der Waals surface area contributed by atoms with Crippen LogP contribution in [0.15, 0.2) is 28.8 Å². The maximum atomic E-state index is 13.0. The Kier molecular flexibility index (Phi) is 4.18. The van der Waals surface area contributed by atoms with Crippen LogP contribution in [-0.4, -0.2) is 16.7 Å². The summed E-state index contributed by atoms with van der Waals surface area (Å²) < 4.78 is 18.3. The van der Waals surface area contributed by atoms with Gasteiger partial charge in [0.15, 0.2) is 5.82 Å². The minimum Gasteiger partial charge on any atom is -0.339 e. The molecule has 0 radical (unpaired) electrons. The monoisotopic (exact) mass is 277 g/mol. The van der Waals surface area contributed by atoms with Crippen LogP contribution in [0.1, 0.15) is 50.4 Å². The van der Waals surface area contributed by atoms with Crippen molar-refractivity contribution in [1.29, 1.82) is 0 Å². The smallest absolute Gasteiger partial charge is 0.229 e. The Bertz CT molecular complexity index is 563. The molecule has 108 valence electrons. The van der Waals surface area contributed by atoms with Crippen LogP contribution < -0.4 is 5.73 Å². The van der Waals surface area contributed by atoms with Crippen molar-refractivity contribution in [3.63, 3.8) is 0 Å². The van der Waals surface area contributed by atoms with Crippen LogP contribution >= 0.6 is 0 Å². The van der Waals surface area contributed by atoms with E-state index in [1.54, 1.807) is 12.1 Å². The van der Waals surface area contributed by atoms with Crippen molar-refractivity contribution < 1.29 is 8.91 Å². The number of nitrogens with zero attached hydrogens (tertiary/aromatic N) is 2. The quantitative estimate of drug-likeness (QED) is 0.912. The van der Waals surface area contributed by atoms with Crippen molar-refractivity contribution in [2.24, 2.45) is 5.73 Å². The number of hydrogen-bond acceptors (Lipinski definition) is 4. The second kappa shape index (κ2) is 5.71. The first-order valence-electron chi connectivity index (χ1n) is 6.75. The lowest BCUT2D eigenvalue weighted by Crippen LogP contribution is -2.21. The van der Waals surface area contributed by atoms with E-state index in [0.29, 0.717) is 18.3 Å². The van der Waals surface area contributed by atoms with Crippen LogP contribution in [0.3, 0.4) is 0 Å². The SMILES string of the molecule is CC(CCN)c1nc(C(C)(C)c2ccc(F)cc2)no1. The number of hydrogen-bond donors (Lipinski definition) is 1. The molecule has 0 saturated carbocycles. The van der Waals surface area contributed by atoms with E-state index >= 15 is 0 Å². The van der Waals surface area contributed by atoms with E-state index in [1.807, 2.05) is 20.8 Å². The third-order valence-electron chi connectivity index (χ3n) is 3.59. The predicted octanol–water partition coefficient (Wildman–Crippen LogP) is 2.99. The summed E-state index contributed by atoms with van der Waals surface area (Å²) in [5, 5.41) is 4.07. The van der Waals surface area contributed by atoms with Gasteiger partial charge in [-0.3, -0.25) is 0 Å². The van der Waals surface area contributed by atoms with Gasteiger partial charge in [-0.25, -0.2) is 4.39 Å². The molecule has 0 saturated heterocycles. The normalized spacial score (nSPS) is 13.4. The van der Waals surface area contributed by atoms with E-state index < -0.39 is 5.41 Å². The Morgan fingerprint density at radius 2 is 1.95 bits per heavy atom. The summed E-state index contributed by atoms with van der Waals surface area (Å²) >= 11 is 0. The Balaban J connectivity index is 2.27. The molecule has 5 heteroatoms. The lowest BCUT2D eigenvalue weighted by Gasteiger charge is -2.20. The third kappa shape index (κ3) is 2.88. The maximum Gasteiger partial charge on any atom is 0.229 e. The van der Waals surface area contributed by atoms with E-state index in [2.05, 4.69) is 10.1 Å². The summed E-state index contributed by atoms with van der Waals surface area (Å²) in [6.45, 7) is 6.57. The first-order chi connectivity index (χ1) is 9.45. The number of benzene rings is 1. The van der Waals surface area contributed by atoms with Crippen molar-refractivity contribution in [2.45, 2.75) is 38.5 Å². The van der Waals surface area contributed by atoms with Crippen molar-refractivity contribution >= 4 is 0 Å². The Hall–Kier alpha value is -1.75. The van der Waals surface area contributed by atoms with Gasteiger partial charge < -0.3 is 10.3 Å². The molecule has 4 nitrogen and oxygen atoms in total. The summed E-state index contributed by atoms with van der Waals surface area (Å²) in [6, 6.07) is 6.37. The zero-order chi connectivity index (χ0) is 14.8. The Labute approximate surface area is 118 Å². The van der Waals surface area contributed by atoms with Gasteiger partial charge in [0.25, 0.3) is 0 Å². The molecule has 0 fully saturated rings. The van der Waals surface area contributed by atoms with Gasteiger partial charge in [0.1, 0.15) is 5.82 Å². The minimum atomic E-state index is -0.433. The van der Waals surface area contributed by atoms with Crippen molar-refractivity contribution in [3.8, 4) is 0 Å². The average molecular weight is 277 g/mol. The Morgan fingerprint density at radius 3 is 2.55 bits per heavy atom. The predicted molar refractivity (Wildman–Crippen MR) is 74.9 cm³/mol. The highest BCUT2D eigenvalue weighted by atomic mass is 19.1. The zero-order valence-corrected chi connectivity index (χ0v) is 12.1. The van der Waals surface area contributed by atoms with Gasteiger partial charge in [-0.15, -0.1) is 0 Å². The fourth-order valence-corrected chi connectivity index (χ4v) is 2.06. The summed E-state index contributed by atoms with van der Waals surface area (Å²) in [6.07, 6.45) is 0.804. The van der Waals surface area contributed by atoms with Crippen LogP contribution in [0, 0.1) is 5.82 Å². The highest BCUT2D eigenvalue weighted by Gasteiger charge is 2.29. The first kappa shape index (κ1) is 14.7. The molecule has 0 aliphatic heterocycles. The molecule has 0 aliphatic carbocycles. The molecular weight excluding hydrogens is 257 g/mol. The first-order valence-corrected chi connectivity index (χ1v) is 6.75. The van der Waals surface area contributed by atoms with Gasteiger partial charge in [0.2, 0.25) is 5.89 Å². The van der Waals surface area contributed by atoms with Crippen LogP contribution in [0.4, 0.5) is 4.39 Å². The van der Waals surface area contributed by atoms with Crippen molar-refractivity contribution in [1.82, 2.24) is 10.1 Å². The molecule has 0 spiro atoms. The summed E-state index contributed by atoms with van der Waals surface area (Å²) in [7, 11) is 0. The molecule has 1 aromatic carbocycles. The van der Waals surface area contributed by atoms with Crippen LogP contribution in [-0.2, 0) is 5.41 Å². The fraction of sp³-hybridized carbons (Fsp3) is 0.467. The van der Waals surface area contributed by atoms with Crippen molar-refractivity contribution in [2.75, 3.05) is 6.54 Å². The van der Waals surface area contributed by atoms with Crippen LogP contribution in [0.2, 0.25) is 0 Å². The number of rotatable bonds is 5. The molecule has 0 amide bonds. The van der Waals surface area contributed by atoms with E-state index in [4.69, 9.17) is 10.3 Å². The summed E-state index contributed by atoms with van der Waals surface area (Å²) in [5.74, 6) is 1.09. The van der Waals surface area contributed by atoms with E-state index in [1.165, 1.54) is 12.1 Å². The second-order valence-corrected chi connectivity index (χ2v) is 5.57. The lowest BCUT2D eigenvalue weighted by atomic mass is 9.84. The highest BCUT2D eigenvalue weighted by Crippen LogP contribution is 2.30. The number of halogens is 1. The highest BCUT2D eigenvalue weighted by molar-refractivity contribution is 5.30. The second-order valence-electron chi connectivity index (χ2n) is 5.57. The summed E-state index contributed by atoms with van der Waals surface area (Å²) in [4.78, 5) is 4.47. The molecule has 0 bridgehead atoms. The molecule has 0 aliphatic rings. The fourth-order valence-electron chi connectivity index (χ4n) is 2.06. The van der Waals surface area contributed by atoms with Crippen LogP contribution in [0.25, 0.3) is 0 Å². The van der Waals surface area contributed by atoms with Gasteiger partial charge in [-0.2, -0.15) is 4.98 Å². The van der Waals surface area contributed by atoms with Gasteiger partial charge in [-0.05, 0) is 44.5 Å². The maximum absolute atomic E-state index is 13.0. The Morgan fingerprint density at radius 1 is 1.30 bits per heavy atom. The van der Waals surface area contributed by atoms with E-state index in [9.17, 15) is 4.39 Å². The molecule has 1 unspecified atom stereocenters. The molecular formula is C15H20FN3O. The van der Waals surface area contributed by atoms with Gasteiger partial charge >= 0.3 is 0 Å². The zero-order valence-electron chi connectivity index (χ0n) is 12.1. The largest absolute Gasteiger partial charge is 0.339 e. The topological polar surface area (TPSA) is 64.9 Å². The van der Waals surface area contributed by atoms with Crippen molar-refractivity contribution in [3.05, 3.63) is 47.4 Å². The molecule has 20 heavy (non-hydrogen) atoms. The standard InChI is InChI=1S/C15H20FN3O/c1-10(8-9-17)13-18-14(19-20-13)15(2,3)11-4-6-12(16)7-5-11/h4-7,10H,8-9,17H2,1-3H3. The van der Waals surface area contributed by atoms with Gasteiger partial charge in [0.05, 0.1) is 5.41 Å². The lowest BCUT2D eigenvalue weighted by molar-refractivity contribution is 0.345. The number of nitrogens with two attached hydrogens (primary N) is 1. The van der Waals surface area contributed by atoms with Gasteiger partial charge in [-0.1, -0.05) is 24.2 Å². The van der Waals surface area contributed by atoms with E-state index in [0.717, 1.165) is 12.0 Å². The van der Waals surface area contributed by atoms with E-state index in [-0.39, 0.29) is 11.7 Å². The average Bonchev–Trinajstić information content (AvgIpc) is 2.90. The number of aromatic nitrogens is 2. The third-order valence-corrected chi connectivity index (χ3v) is 3.59. The molecule has 1 aromatic heterocycles. The molecule has 1 heterocycles. The minimum absolute atomic E-state index is 0.144. The molecule has 2 N–H and O–H groups in total. The summed E-state index contributed by atoms with van der Waals surface area (Å²) in [5.41, 5.74) is 6.05. The molecule has 2 aromatic rings. The van der Waals surface area contributed by atoms with Crippen LogP contribution in [0.5, 0.6) is 0 Å². The molecule has 1 atom stereocenters. The molecule has 2 rings (SSSR count).